The number of benzene rings is 1. The number of rotatable bonds is 12. The van der Waals surface area contributed by atoms with Gasteiger partial charge in [-0.3, -0.25) is 0 Å². The highest BCUT2D eigenvalue weighted by Gasteiger charge is 2.04. The average Bonchev–Trinajstić information content (AvgIpc) is 2.76. The van der Waals surface area contributed by atoms with Gasteiger partial charge in [-0.15, -0.1) is 0 Å². The van der Waals surface area contributed by atoms with Gasteiger partial charge in [0.25, 0.3) is 0 Å². The van der Waals surface area contributed by atoms with Gasteiger partial charge >= 0.3 is 23.9 Å². The molecule has 0 fully saturated rings. The first-order valence-electron chi connectivity index (χ1n) is 9.64. The molecule has 0 atom stereocenters. The van der Waals surface area contributed by atoms with Gasteiger partial charge in [0, 0.05) is 23.3 Å². The zero-order valence-electron chi connectivity index (χ0n) is 18.1. The largest absolute Gasteiger partial charge is 0.459 e. The molecule has 0 aliphatic carbocycles. The summed E-state index contributed by atoms with van der Waals surface area (Å²) in [5.74, 6) is -2.22. The third-order valence-electron chi connectivity index (χ3n) is 3.58. The van der Waals surface area contributed by atoms with Crippen molar-refractivity contribution in [3.05, 3.63) is 71.8 Å². The summed E-state index contributed by atoms with van der Waals surface area (Å²) in [4.78, 5) is 45.7. The second-order valence-electron chi connectivity index (χ2n) is 6.50. The maximum Gasteiger partial charge on any atom is 0.333 e. The van der Waals surface area contributed by atoms with Crippen molar-refractivity contribution in [1.29, 1.82) is 0 Å². The van der Waals surface area contributed by atoms with Crippen LogP contribution in [0.15, 0.2) is 60.7 Å². The van der Waals surface area contributed by atoms with Crippen LogP contribution in [0.25, 0.3) is 12.2 Å². The first-order chi connectivity index (χ1) is 15.2. The van der Waals surface area contributed by atoms with Crippen molar-refractivity contribution >= 4 is 36.0 Å². The van der Waals surface area contributed by atoms with E-state index in [1.54, 1.807) is 36.4 Å². The van der Waals surface area contributed by atoms with E-state index in [2.05, 4.69) is 13.2 Å². The summed E-state index contributed by atoms with van der Waals surface area (Å²) in [6.45, 7) is 9.73. The predicted molar refractivity (Wildman–Crippen MR) is 118 cm³/mol. The zero-order valence-corrected chi connectivity index (χ0v) is 18.1. The summed E-state index contributed by atoms with van der Waals surface area (Å²) in [6.07, 6.45) is 5.64. The van der Waals surface area contributed by atoms with Gasteiger partial charge in [0.15, 0.2) is 0 Å². The van der Waals surface area contributed by atoms with Crippen LogP contribution in [0.3, 0.4) is 0 Å². The molecular formula is C24H26O8. The number of carbonyl (C=O) groups is 4. The minimum Gasteiger partial charge on any atom is -0.459 e. The smallest absolute Gasteiger partial charge is 0.333 e. The van der Waals surface area contributed by atoms with Crippen LogP contribution in [0.2, 0.25) is 0 Å². The van der Waals surface area contributed by atoms with E-state index in [1.165, 1.54) is 26.0 Å². The van der Waals surface area contributed by atoms with Crippen molar-refractivity contribution in [3.63, 3.8) is 0 Å². The van der Waals surface area contributed by atoms with Crippen LogP contribution in [-0.4, -0.2) is 50.3 Å². The van der Waals surface area contributed by atoms with Gasteiger partial charge in [0.05, 0.1) is 0 Å². The molecule has 1 rings (SSSR count). The monoisotopic (exact) mass is 442 g/mol. The van der Waals surface area contributed by atoms with Crippen molar-refractivity contribution in [2.24, 2.45) is 0 Å². The third-order valence-corrected chi connectivity index (χ3v) is 3.58. The lowest BCUT2D eigenvalue weighted by Gasteiger charge is -2.04. The number of carbonyl (C=O) groups excluding carboxylic acids is 4. The minimum absolute atomic E-state index is 0.0472. The summed E-state index contributed by atoms with van der Waals surface area (Å²) in [7, 11) is 0. The Morgan fingerprint density at radius 1 is 0.656 bits per heavy atom. The summed E-state index contributed by atoms with van der Waals surface area (Å²) < 4.78 is 19.5. The minimum atomic E-state index is -0.572. The second kappa shape index (κ2) is 14.1. The standard InChI is InChI=1S/C24H26O8/c1-17(2)23(27)31-15-13-29-21(25)11-9-19-5-7-20(8-6-19)10-12-22(26)30-14-16-32-24(28)18(3)4/h5-12H,1,3,13-16H2,2,4H3/b11-9+,12-10+. The first-order valence-corrected chi connectivity index (χ1v) is 9.64. The number of hydrogen-bond acceptors (Lipinski definition) is 8. The summed E-state index contributed by atoms with van der Waals surface area (Å²) in [6, 6.07) is 7.00. The molecular weight excluding hydrogens is 416 g/mol. The molecule has 8 nitrogen and oxygen atoms in total. The maximum absolute atomic E-state index is 11.7. The Morgan fingerprint density at radius 3 is 1.28 bits per heavy atom. The Morgan fingerprint density at radius 2 is 0.969 bits per heavy atom. The lowest BCUT2D eigenvalue weighted by Crippen LogP contribution is -2.13. The van der Waals surface area contributed by atoms with Gasteiger partial charge in [-0.25, -0.2) is 19.2 Å². The molecule has 0 spiro atoms. The van der Waals surface area contributed by atoms with Crippen LogP contribution >= 0.6 is 0 Å². The molecule has 1 aromatic rings. The van der Waals surface area contributed by atoms with E-state index in [9.17, 15) is 19.2 Å². The number of ether oxygens (including phenoxy) is 4. The van der Waals surface area contributed by atoms with E-state index in [0.29, 0.717) is 0 Å². The van der Waals surface area contributed by atoms with Crippen LogP contribution in [0, 0.1) is 0 Å². The Hall–Kier alpha value is -3.94. The van der Waals surface area contributed by atoms with Crippen LogP contribution in [0.1, 0.15) is 25.0 Å². The molecule has 8 heteroatoms. The molecule has 0 unspecified atom stereocenters. The Kier molecular flexibility index (Phi) is 11.5. The topological polar surface area (TPSA) is 105 Å². The highest BCUT2D eigenvalue weighted by Crippen LogP contribution is 2.08. The Labute approximate surface area is 186 Å². The fourth-order valence-corrected chi connectivity index (χ4v) is 1.94. The van der Waals surface area contributed by atoms with Crippen molar-refractivity contribution in [3.8, 4) is 0 Å². The second-order valence-corrected chi connectivity index (χ2v) is 6.50. The first kappa shape index (κ1) is 26.1. The summed E-state index contributed by atoms with van der Waals surface area (Å²) in [5, 5.41) is 0. The Balaban J connectivity index is 2.35. The fraction of sp³-hybridized carbons (Fsp3) is 0.250. The quantitative estimate of drug-likeness (QED) is 0.211. The maximum atomic E-state index is 11.7. The molecule has 0 radical (unpaired) electrons. The molecule has 32 heavy (non-hydrogen) atoms. The molecule has 0 saturated carbocycles. The molecule has 1 aromatic carbocycles. The van der Waals surface area contributed by atoms with Gasteiger partial charge < -0.3 is 18.9 Å². The van der Waals surface area contributed by atoms with E-state index >= 15 is 0 Å². The van der Waals surface area contributed by atoms with E-state index in [0.717, 1.165) is 11.1 Å². The van der Waals surface area contributed by atoms with Gasteiger partial charge in [0.1, 0.15) is 26.4 Å². The lowest BCUT2D eigenvalue weighted by atomic mass is 10.1. The van der Waals surface area contributed by atoms with Gasteiger partial charge in [-0.1, -0.05) is 37.4 Å². The van der Waals surface area contributed by atoms with Gasteiger partial charge in [0.2, 0.25) is 0 Å². The van der Waals surface area contributed by atoms with Crippen LogP contribution in [-0.2, 0) is 38.1 Å². The van der Waals surface area contributed by atoms with E-state index in [-0.39, 0.29) is 37.6 Å². The fourth-order valence-electron chi connectivity index (χ4n) is 1.94. The molecule has 0 aromatic heterocycles. The molecule has 0 bridgehead atoms. The van der Waals surface area contributed by atoms with E-state index in [1.807, 2.05) is 0 Å². The van der Waals surface area contributed by atoms with Crippen LogP contribution in [0.5, 0.6) is 0 Å². The van der Waals surface area contributed by atoms with Crippen LogP contribution in [0.4, 0.5) is 0 Å². The molecule has 0 amide bonds. The van der Waals surface area contributed by atoms with Crippen LogP contribution < -0.4 is 0 Å². The summed E-state index contributed by atoms with van der Waals surface area (Å²) in [5.41, 5.74) is 2.03. The van der Waals surface area contributed by atoms with E-state index < -0.39 is 23.9 Å². The molecule has 0 heterocycles. The summed E-state index contributed by atoms with van der Waals surface area (Å²) >= 11 is 0. The van der Waals surface area contributed by atoms with Gasteiger partial charge in [-0.2, -0.15) is 0 Å². The number of hydrogen-bond donors (Lipinski definition) is 0. The van der Waals surface area contributed by atoms with Gasteiger partial charge in [-0.05, 0) is 37.1 Å². The van der Waals surface area contributed by atoms with E-state index in [4.69, 9.17) is 18.9 Å². The Bertz CT molecular complexity index is 831. The lowest BCUT2D eigenvalue weighted by molar-refractivity contribution is -0.146. The number of esters is 4. The molecule has 0 saturated heterocycles. The normalized spacial score (nSPS) is 10.6. The highest BCUT2D eigenvalue weighted by molar-refractivity contribution is 5.89. The molecule has 170 valence electrons. The molecule has 0 N–H and O–H groups in total. The third kappa shape index (κ3) is 11.3. The van der Waals surface area contributed by atoms with Crippen molar-refractivity contribution in [2.75, 3.05) is 26.4 Å². The van der Waals surface area contributed by atoms with Crippen molar-refractivity contribution in [2.45, 2.75) is 13.8 Å². The molecule has 0 aliphatic rings. The SMILES string of the molecule is C=C(C)C(=O)OCCOC(=O)/C=C/c1ccc(/C=C/C(=O)OCCOC(=O)C(=C)C)cc1. The van der Waals surface area contributed by atoms with Crippen molar-refractivity contribution in [1.82, 2.24) is 0 Å². The highest BCUT2D eigenvalue weighted by atomic mass is 16.6. The zero-order chi connectivity index (χ0) is 23.9. The average molecular weight is 442 g/mol. The predicted octanol–water partition coefficient (Wildman–Crippen LogP) is 3.04. The molecule has 0 aliphatic heterocycles. The van der Waals surface area contributed by atoms with Crippen molar-refractivity contribution < 1.29 is 38.1 Å².